The van der Waals surface area contributed by atoms with Crippen molar-refractivity contribution in [3.63, 3.8) is 0 Å². The lowest BCUT2D eigenvalue weighted by molar-refractivity contribution is 0.0236. The third-order valence-electron chi connectivity index (χ3n) is 2.04. The van der Waals surface area contributed by atoms with Crippen LogP contribution in [0.25, 0.3) is 0 Å². The second kappa shape index (κ2) is 9.55. The maximum atomic E-state index is 8.67. The molecule has 0 aromatic heterocycles. The van der Waals surface area contributed by atoms with Crippen LogP contribution in [0.1, 0.15) is 19.8 Å². The number of nitriles is 1. The van der Waals surface area contributed by atoms with E-state index in [0.29, 0.717) is 39.5 Å². The van der Waals surface area contributed by atoms with E-state index in [-0.39, 0.29) is 0 Å². The Morgan fingerprint density at radius 1 is 1.12 bits per heavy atom. The van der Waals surface area contributed by atoms with E-state index in [2.05, 4.69) is 6.07 Å². The number of hydrogen-bond donors (Lipinski definition) is 1. The molecule has 0 heterocycles. The minimum absolute atomic E-state index is 0.567. The molecule has 0 aromatic rings. The normalized spacial score (nSPS) is 14.4. The Balaban J connectivity index is 3.14. The third-order valence-corrected chi connectivity index (χ3v) is 2.04. The molecule has 0 aliphatic heterocycles. The summed E-state index contributed by atoms with van der Waals surface area (Å²) in [5, 5.41) is 8.67. The molecule has 0 saturated carbocycles. The van der Waals surface area contributed by atoms with Gasteiger partial charge in [-0.1, -0.05) is 0 Å². The van der Waals surface area contributed by atoms with Crippen molar-refractivity contribution in [3.05, 3.63) is 0 Å². The fourth-order valence-electron chi connectivity index (χ4n) is 1.06. The number of methoxy groups -OCH3 is 1. The van der Waals surface area contributed by atoms with E-state index in [9.17, 15) is 0 Å². The Morgan fingerprint density at radius 2 is 1.69 bits per heavy atom. The Labute approximate surface area is 97.5 Å². The smallest absolute Gasteiger partial charge is 0.101 e. The van der Waals surface area contributed by atoms with Gasteiger partial charge in [0, 0.05) is 13.7 Å². The van der Waals surface area contributed by atoms with Crippen molar-refractivity contribution in [2.45, 2.75) is 25.3 Å². The Hall–Kier alpha value is -0.670. The van der Waals surface area contributed by atoms with Crippen LogP contribution in [0.15, 0.2) is 0 Å². The van der Waals surface area contributed by atoms with Gasteiger partial charge in [-0.25, -0.2) is 0 Å². The molecule has 1 unspecified atom stereocenters. The van der Waals surface area contributed by atoms with Crippen LogP contribution >= 0.6 is 0 Å². The number of nitrogens with two attached hydrogens (primary N) is 1. The molecule has 0 amide bonds. The van der Waals surface area contributed by atoms with E-state index in [1.165, 1.54) is 0 Å². The lowest BCUT2D eigenvalue weighted by atomic mass is 10.00. The number of ether oxygens (including phenoxy) is 3. The highest BCUT2D eigenvalue weighted by Crippen LogP contribution is 2.06. The molecular formula is C11H22N2O3. The van der Waals surface area contributed by atoms with E-state index in [0.717, 1.165) is 6.42 Å². The van der Waals surface area contributed by atoms with Crippen LogP contribution in [0.3, 0.4) is 0 Å². The van der Waals surface area contributed by atoms with Gasteiger partial charge in [-0.2, -0.15) is 5.26 Å². The van der Waals surface area contributed by atoms with Gasteiger partial charge < -0.3 is 19.9 Å². The molecule has 0 aromatic carbocycles. The lowest BCUT2D eigenvalue weighted by Crippen LogP contribution is -2.34. The topological polar surface area (TPSA) is 77.5 Å². The first-order valence-corrected chi connectivity index (χ1v) is 5.47. The molecule has 5 nitrogen and oxygen atoms in total. The Morgan fingerprint density at radius 3 is 2.25 bits per heavy atom. The monoisotopic (exact) mass is 230 g/mol. The first-order chi connectivity index (χ1) is 7.62. The zero-order valence-corrected chi connectivity index (χ0v) is 10.2. The van der Waals surface area contributed by atoms with Gasteiger partial charge in [0.05, 0.1) is 32.5 Å². The zero-order valence-electron chi connectivity index (χ0n) is 10.2. The number of hydrogen-bond acceptors (Lipinski definition) is 5. The van der Waals surface area contributed by atoms with E-state index in [1.54, 1.807) is 14.0 Å². The standard InChI is InChI=1S/C11H22N2O3/c1-11(13,10-12)4-3-5-15-8-9-16-7-6-14-2/h3-9,13H2,1-2H3. The quantitative estimate of drug-likeness (QED) is 0.559. The molecule has 0 aliphatic rings. The van der Waals surface area contributed by atoms with Crippen molar-refractivity contribution in [1.82, 2.24) is 0 Å². The van der Waals surface area contributed by atoms with Gasteiger partial charge in [0.2, 0.25) is 0 Å². The largest absolute Gasteiger partial charge is 0.382 e. The molecule has 0 saturated heterocycles. The maximum Gasteiger partial charge on any atom is 0.101 e. The highest BCUT2D eigenvalue weighted by molar-refractivity contribution is 5.00. The summed E-state index contributed by atoms with van der Waals surface area (Å²) in [5.74, 6) is 0. The molecule has 0 bridgehead atoms. The van der Waals surface area contributed by atoms with Crippen molar-refractivity contribution in [2.24, 2.45) is 5.73 Å². The van der Waals surface area contributed by atoms with Crippen molar-refractivity contribution < 1.29 is 14.2 Å². The average molecular weight is 230 g/mol. The van der Waals surface area contributed by atoms with Gasteiger partial charge in [-0.3, -0.25) is 0 Å². The van der Waals surface area contributed by atoms with Crippen LogP contribution in [-0.2, 0) is 14.2 Å². The summed E-state index contributed by atoms with van der Waals surface area (Å²) in [6, 6.07) is 2.05. The van der Waals surface area contributed by atoms with Crippen molar-refractivity contribution >= 4 is 0 Å². The van der Waals surface area contributed by atoms with E-state index < -0.39 is 5.54 Å². The van der Waals surface area contributed by atoms with E-state index in [4.69, 9.17) is 25.2 Å². The average Bonchev–Trinajstić information content (AvgIpc) is 2.27. The summed E-state index contributed by atoms with van der Waals surface area (Å²) in [6.07, 6.45) is 1.44. The minimum Gasteiger partial charge on any atom is -0.382 e. The van der Waals surface area contributed by atoms with Gasteiger partial charge in [-0.15, -0.1) is 0 Å². The SMILES string of the molecule is COCCOCCOCCCC(C)(N)C#N. The van der Waals surface area contributed by atoms with E-state index in [1.807, 2.05) is 0 Å². The number of rotatable bonds is 10. The second-order valence-electron chi connectivity index (χ2n) is 3.85. The third kappa shape index (κ3) is 9.87. The van der Waals surface area contributed by atoms with Crippen LogP contribution in [-0.4, -0.2) is 45.7 Å². The van der Waals surface area contributed by atoms with Crippen molar-refractivity contribution in [3.8, 4) is 6.07 Å². The highest BCUT2D eigenvalue weighted by atomic mass is 16.5. The minimum atomic E-state index is -0.738. The van der Waals surface area contributed by atoms with Gasteiger partial charge in [0.25, 0.3) is 0 Å². The fourth-order valence-corrected chi connectivity index (χ4v) is 1.06. The summed E-state index contributed by atoms with van der Waals surface area (Å²) in [7, 11) is 1.64. The van der Waals surface area contributed by atoms with Gasteiger partial charge in [-0.05, 0) is 19.8 Å². The molecular weight excluding hydrogens is 208 g/mol. The second-order valence-corrected chi connectivity index (χ2v) is 3.85. The summed E-state index contributed by atoms with van der Waals surface area (Å²) < 4.78 is 15.4. The molecule has 5 heteroatoms. The fraction of sp³-hybridized carbons (Fsp3) is 0.909. The highest BCUT2D eigenvalue weighted by Gasteiger charge is 2.15. The van der Waals surface area contributed by atoms with Crippen LogP contribution in [0.4, 0.5) is 0 Å². The first-order valence-electron chi connectivity index (χ1n) is 5.47. The van der Waals surface area contributed by atoms with Crippen LogP contribution < -0.4 is 5.73 Å². The molecule has 1 atom stereocenters. The Bertz CT molecular complexity index is 202. The van der Waals surface area contributed by atoms with Crippen molar-refractivity contribution in [1.29, 1.82) is 5.26 Å². The first kappa shape index (κ1) is 15.3. The van der Waals surface area contributed by atoms with Crippen molar-refractivity contribution in [2.75, 3.05) is 40.1 Å². The predicted octanol–water partition coefficient (Wildman–Crippen LogP) is 0.687. The summed E-state index contributed by atoms with van der Waals surface area (Å²) in [5.41, 5.74) is 4.92. The lowest BCUT2D eigenvalue weighted by Gasteiger charge is -2.14. The summed E-state index contributed by atoms with van der Waals surface area (Å²) in [6.45, 7) is 4.67. The van der Waals surface area contributed by atoms with Gasteiger partial charge in [0.1, 0.15) is 5.54 Å². The van der Waals surface area contributed by atoms with Gasteiger partial charge >= 0.3 is 0 Å². The van der Waals surface area contributed by atoms with Crippen LogP contribution in [0.2, 0.25) is 0 Å². The Kier molecular flexibility index (Phi) is 9.15. The maximum absolute atomic E-state index is 8.67. The van der Waals surface area contributed by atoms with Gasteiger partial charge in [0.15, 0.2) is 0 Å². The predicted molar refractivity (Wildman–Crippen MR) is 61.0 cm³/mol. The molecule has 0 fully saturated rings. The van der Waals surface area contributed by atoms with Crippen LogP contribution in [0, 0.1) is 11.3 Å². The molecule has 16 heavy (non-hydrogen) atoms. The van der Waals surface area contributed by atoms with Crippen LogP contribution in [0.5, 0.6) is 0 Å². The summed E-state index contributed by atoms with van der Waals surface area (Å²) >= 11 is 0. The molecule has 0 radical (unpaired) electrons. The molecule has 0 aliphatic carbocycles. The molecule has 94 valence electrons. The molecule has 0 spiro atoms. The molecule has 2 N–H and O–H groups in total. The summed E-state index contributed by atoms with van der Waals surface area (Å²) in [4.78, 5) is 0. The van der Waals surface area contributed by atoms with E-state index >= 15 is 0 Å². The number of nitrogens with zero attached hydrogens (tertiary/aromatic N) is 1. The molecule has 0 rings (SSSR count). The zero-order chi connectivity index (χ0) is 12.3.